The maximum Gasteiger partial charge on any atom is 0.267 e. The highest BCUT2D eigenvalue weighted by Crippen LogP contribution is 2.48. The van der Waals surface area contributed by atoms with Gasteiger partial charge >= 0.3 is 0 Å². The minimum Gasteiger partial charge on any atom is -0.497 e. The number of aryl methyl sites for hydroxylation is 1. The zero-order valence-corrected chi connectivity index (χ0v) is 22.0. The van der Waals surface area contributed by atoms with Gasteiger partial charge in [0, 0.05) is 29.2 Å². The van der Waals surface area contributed by atoms with E-state index >= 15 is 0 Å². The third-order valence-corrected chi connectivity index (χ3v) is 7.41. The van der Waals surface area contributed by atoms with Gasteiger partial charge in [-0.05, 0) is 85.0 Å². The average Bonchev–Trinajstić information content (AvgIpc) is 3.29. The van der Waals surface area contributed by atoms with Crippen LogP contribution in [0.1, 0.15) is 30.4 Å². The van der Waals surface area contributed by atoms with E-state index in [1.807, 2.05) is 49.4 Å². The van der Waals surface area contributed by atoms with Crippen molar-refractivity contribution in [3.63, 3.8) is 0 Å². The van der Waals surface area contributed by atoms with Crippen LogP contribution in [0.2, 0.25) is 0 Å². The summed E-state index contributed by atoms with van der Waals surface area (Å²) in [4.78, 5) is 18.3. The number of benzene rings is 3. The van der Waals surface area contributed by atoms with E-state index in [-0.39, 0.29) is 11.7 Å². The summed E-state index contributed by atoms with van der Waals surface area (Å²) in [5.74, 6) is 1.46. The summed E-state index contributed by atoms with van der Waals surface area (Å²) in [7, 11) is 1.63. The minimum absolute atomic E-state index is 0.275. The fourth-order valence-corrected chi connectivity index (χ4v) is 5.49. The minimum atomic E-state index is -0.393. The Morgan fingerprint density at radius 3 is 2.63 bits per heavy atom. The molecule has 0 saturated carbocycles. The van der Waals surface area contributed by atoms with E-state index in [9.17, 15) is 9.18 Å². The molecule has 38 heavy (non-hydrogen) atoms. The molecular formula is C30H28FNO5S. The number of fused-ring (bicyclic) bond motifs is 1. The molecule has 3 aromatic carbocycles. The van der Waals surface area contributed by atoms with Gasteiger partial charge in [0.25, 0.3) is 5.91 Å². The Bertz CT molecular complexity index is 1460. The van der Waals surface area contributed by atoms with Crippen LogP contribution in [-0.4, -0.2) is 25.9 Å². The third kappa shape index (κ3) is 6.05. The molecular weight excluding hydrogens is 505 g/mol. The molecule has 0 aliphatic carbocycles. The lowest BCUT2D eigenvalue weighted by Gasteiger charge is -2.21. The molecule has 5 rings (SSSR count). The smallest absolute Gasteiger partial charge is 0.267 e. The molecule has 1 atom stereocenters. The van der Waals surface area contributed by atoms with Crippen LogP contribution in [0.3, 0.4) is 0 Å². The van der Waals surface area contributed by atoms with Crippen molar-refractivity contribution in [2.45, 2.75) is 32.5 Å². The van der Waals surface area contributed by atoms with Crippen molar-refractivity contribution < 1.29 is 28.2 Å². The Kier molecular flexibility index (Phi) is 8.03. The predicted molar refractivity (Wildman–Crippen MR) is 147 cm³/mol. The largest absolute Gasteiger partial charge is 0.497 e. The maximum absolute atomic E-state index is 13.8. The number of hydrogen-bond acceptors (Lipinski definition) is 6. The number of rotatable bonds is 8. The number of hydroxylamine groups is 1. The van der Waals surface area contributed by atoms with Gasteiger partial charge in [0.2, 0.25) is 0 Å². The molecule has 2 heterocycles. The van der Waals surface area contributed by atoms with Crippen LogP contribution in [0.25, 0.3) is 26.6 Å². The van der Waals surface area contributed by atoms with Crippen molar-refractivity contribution in [1.29, 1.82) is 0 Å². The van der Waals surface area contributed by atoms with Crippen LogP contribution in [0, 0.1) is 12.7 Å². The van der Waals surface area contributed by atoms with Crippen LogP contribution in [0.4, 0.5) is 4.39 Å². The third-order valence-electron chi connectivity index (χ3n) is 6.24. The van der Waals surface area contributed by atoms with E-state index in [0.717, 1.165) is 56.7 Å². The van der Waals surface area contributed by atoms with Crippen molar-refractivity contribution in [2.75, 3.05) is 13.7 Å². The summed E-state index contributed by atoms with van der Waals surface area (Å²) in [5.41, 5.74) is 4.98. The first kappa shape index (κ1) is 25.9. The average molecular weight is 534 g/mol. The molecule has 1 aliphatic heterocycles. The number of ether oxygens (including phenoxy) is 3. The molecule has 8 heteroatoms. The van der Waals surface area contributed by atoms with E-state index in [1.165, 1.54) is 18.2 Å². The zero-order valence-electron chi connectivity index (χ0n) is 21.2. The fourth-order valence-electron chi connectivity index (χ4n) is 4.24. The Morgan fingerprint density at radius 1 is 1.08 bits per heavy atom. The molecule has 1 saturated heterocycles. The molecule has 0 spiro atoms. The second-order valence-electron chi connectivity index (χ2n) is 8.97. The first-order chi connectivity index (χ1) is 18.5. The molecule has 196 valence electrons. The van der Waals surface area contributed by atoms with Gasteiger partial charge in [-0.2, -0.15) is 0 Å². The van der Waals surface area contributed by atoms with Crippen molar-refractivity contribution in [3.8, 4) is 27.7 Å². The molecule has 1 N–H and O–H groups in total. The molecule has 1 fully saturated rings. The first-order valence-electron chi connectivity index (χ1n) is 12.4. The van der Waals surface area contributed by atoms with Crippen molar-refractivity contribution in [2.24, 2.45) is 0 Å². The molecule has 4 aromatic rings. The van der Waals surface area contributed by atoms with Crippen molar-refractivity contribution >= 4 is 33.4 Å². The van der Waals surface area contributed by atoms with Gasteiger partial charge < -0.3 is 14.2 Å². The molecule has 1 aliphatic rings. The highest BCUT2D eigenvalue weighted by atomic mass is 32.1. The zero-order chi connectivity index (χ0) is 26.5. The normalized spacial score (nSPS) is 15.6. The number of methoxy groups -OCH3 is 1. The maximum atomic E-state index is 13.8. The van der Waals surface area contributed by atoms with Crippen molar-refractivity contribution in [3.05, 3.63) is 83.7 Å². The van der Waals surface area contributed by atoms with Crippen molar-refractivity contribution in [1.82, 2.24) is 5.48 Å². The predicted octanol–water partition coefficient (Wildman–Crippen LogP) is 7.40. The van der Waals surface area contributed by atoms with Crippen LogP contribution >= 0.6 is 11.3 Å². The van der Waals surface area contributed by atoms with Crippen LogP contribution in [0.5, 0.6) is 17.2 Å². The van der Waals surface area contributed by atoms with E-state index in [1.54, 1.807) is 30.6 Å². The Hall–Kier alpha value is -3.72. The Balaban J connectivity index is 1.34. The number of thiophene rings is 1. The summed E-state index contributed by atoms with van der Waals surface area (Å²) < 4.78 is 32.0. The molecule has 1 unspecified atom stereocenters. The van der Waals surface area contributed by atoms with Gasteiger partial charge in [-0.25, -0.2) is 14.7 Å². The van der Waals surface area contributed by atoms with Gasteiger partial charge in [-0.15, -0.1) is 11.3 Å². The summed E-state index contributed by atoms with van der Waals surface area (Å²) in [5, 5.41) is 0.942. The van der Waals surface area contributed by atoms with Crippen LogP contribution in [0.15, 0.2) is 66.7 Å². The van der Waals surface area contributed by atoms with E-state index in [0.29, 0.717) is 18.1 Å². The van der Waals surface area contributed by atoms with Crippen LogP contribution < -0.4 is 15.0 Å². The molecule has 6 nitrogen and oxygen atoms in total. The van der Waals surface area contributed by atoms with E-state index in [4.69, 9.17) is 19.0 Å². The van der Waals surface area contributed by atoms with Gasteiger partial charge in [0.05, 0.1) is 12.0 Å². The molecule has 0 radical (unpaired) electrons. The monoisotopic (exact) mass is 533 g/mol. The number of halogens is 1. The van der Waals surface area contributed by atoms with Gasteiger partial charge in [-0.3, -0.25) is 4.79 Å². The first-order valence-corrected chi connectivity index (χ1v) is 13.2. The number of amides is 1. The number of hydrogen-bond donors (Lipinski definition) is 1. The highest BCUT2D eigenvalue weighted by Gasteiger charge is 2.19. The Labute approximate surface area is 224 Å². The number of nitrogens with one attached hydrogen (secondary N) is 1. The number of carbonyl (C=O) groups excluding carboxylic acids is 1. The quantitative estimate of drug-likeness (QED) is 0.189. The second-order valence-corrected chi connectivity index (χ2v) is 10.0. The summed E-state index contributed by atoms with van der Waals surface area (Å²) in [6.45, 7) is 2.53. The summed E-state index contributed by atoms with van der Waals surface area (Å²) in [6, 6.07) is 18.0. The molecule has 1 aromatic heterocycles. The lowest BCUT2D eigenvalue weighted by molar-refractivity contribution is -0.198. The SMILES string of the molecule is COc1ccc2c(Oc3ccc(C=CC(=O)NOC4CCCCO4)cc3)c(-c3ccc(F)cc3C)sc2c1. The molecule has 0 bridgehead atoms. The molecule has 1 amide bonds. The van der Waals surface area contributed by atoms with E-state index < -0.39 is 6.29 Å². The topological polar surface area (TPSA) is 66.0 Å². The Morgan fingerprint density at radius 2 is 1.89 bits per heavy atom. The lowest BCUT2D eigenvalue weighted by atomic mass is 10.1. The lowest BCUT2D eigenvalue weighted by Crippen LogP contribution is -2.32. The standard InChI is InChI=1S/C30H28FNO5S/c1-19-17-21(31)9-13-24(19)30-29(25-14-12-23(34-2)18-26(25)38-30)36-22-10-6-20(7-11-22)8-15-27(33)32-37-28-5-3-4-16-35-28/h6-15,17-18,28H,3-5,16H2,1-2H3,(H,32,33). The van der Waals surface area contributed by atoms with Gasteiger partial charge in [-0.1, -0.05) is 18.2 Å². The highest BCUT2D eigenvalue weighted by molar-refractivity contribution is 7.22. The van der Waals surface area contributed by atoms with Gasteiger partial charge in [0.15, 0.2) is 12.0 Å². The van der Waals surface area contributed by atoms with E-state index in [2.05, 4.69) is 5.48 Å². The second kappa shape index (κ2) is 11.8. The summed E-state index contributed by atoms with van der Waals surface area (Å²) in [6.07, 6.45) is 5.51. The van der Waals surface area contributed by atoms with Gasteiger partial charge in [0.1, 0.15) is 17.3 Å². The fraction of sp³-hybridized carbons (Fsp3) is 0.233. The van der Waals surface area contributed by atoms with Crippen LogP contribution in [-0.2, 0) is 14.4 Å². The summed E-state index contributed by atoms with van der Waals surface area (Å²) >= 11 is 1.57. The number of carbonyl (C=O) groups is 1.